The second-order valence-corrected chi connectivity index (χ2v) is 5.44. The smallest absolute Gasteiger partial charge is 0.317 e. The lowest BCUT2D eigenvalue weighted by Gasteiger charge is -2.29. The number of carboxylic acid groups (broad SMARTS) is 1. The van der Waals surface area contributed by atoms with Gasteiger partial charge in [0.15, 0.2) is 0 Å². The van der Waals surface area contributed by atoms with E-state index >= 15 is 0 Å². The minimum absolute atomic E-state index is 0.00590. The van der Waals surface area contributed by atoms with E-state index in [0.29, 0.717) is 26.3 Å². The van der Waals surface area contributed by atoms with Crippen LogP contribution in [0.4, 0.5) is 4.79 Å². The molecule has 0 aromatic carbocycles. The highest BCUT2D eigenvalue weighted by Gasteiger charge is 2.37. The molecule has 7 heteroatoms. The fourth-order valence-electron chi connectivity index (χ4n) is 2.82. The molecule has 114 valence electrons. The van der Waals surface area contributed by atoms with Crippen molar-refractivity contribution in [3.63, 3.8) is 0 Å². The van der Waals surface area contributed by atoms with Crippen LogP contribution in [0.2, 0.25) is 0 Å². The van der Waals surface area contributed by atoms with Crippen LogP contribution in [0.15, 0.2) is 0 Å². The van der Waals surface area contributed by atoms with Gasteiger partial charge in [0.2, 0.25) is 0 Å². The molecular weight excluding hydrogens is 264 g/mol. The summed E-state index contributed by atoms with van der Waals surface area (Å²) in [4.78, 5) is 24.6. The van der Waals surface area contributed by atoms with Crippen LogP contribution >= 0.6 is 0 Å². The van der Waals surface area contributed by atoms with Gasteiger partial charge in [-0.2, -0.15) is 0 Å². The molecule has 2 atom stereocenters. The fourth-order valence-corrected chi connectivity index (χ4v) is 2.82. The highest BCUT2D eigenvalue weighted by atomic mass is 16.5. The van der Waals surface area contributed by atoms with Crippen molar-refractivity contribution in [1.29, 1.82) is 0 Å². The number of urea groups is 1. The van der Waals surface area contributed by atoms with Crippen molar-refractivity contribution in [2.24, 2.45) is 0 Å². The van der Waals surface area contributed by atoms with E-state index in [9.17, 15) is 9.59 Å². The van der Waals surface area contributed by atoms with Crippen molar-refractivity contribution in [3.05, 3.63) is 0 Å². The molecule has 7 nitrogen and oxygen atoms in total. The van der Waals surface area contributed by atoms with E-state index < -0.39 is 11.6 Å². The summed E-state index contributed by atoms with van der Waals surface area (Å²) < 4.78 is 10.8. The first-order valence-electron chi connectivity index (χ1n) is 6.95. The summed E-state index contributed by atoms with van der Waals surface area (Å²) in [6.45, 7) is 2.11. The Bertz CT molecular complexity index is 368. The number of amides is 2. The van der Waals surface area contributed by atoms with Gasteiger partial charge in [-0.25, -0.2) is 4.79 Å². The minimum Gasteiger partial charge on any atom is -0.481 e. The topological polar surface area (TPSA) is 88.1 Å². The molecule has 2 fully saturated rings. The second kappa shape index (κ2) is 6.41. The van der Waals surface area contributed by atoms with E-state index in [2.05, 4.69) is 5.32 Å². The summed E-state index contributed by atoms with van der Waals surface area (Å²) in [6, 6.07) is -0.414. The number of hydrogen-bond acceptors (Lipinski definition) is 4. The second-order valence-electron chi connectivity index (χ2n) is 5.44. The number of methoxy groups -OCH3 is 1. The van der Waals surface area contributed by atoms with Crippen molar-refractivity contribution in [3.8, 4) is 0 Å². The van der Waals surface area contributed by atoms with Gasteiger partial charge in [-0.05, 0) is 12.8 Å². The quantitative estimate of drug-likeness (QED) is 0.765. The molecule has 2 aliphatic rings. The van der Waals surface area contributed by atoms with E-state index in [0.717, 1.165) is 19.3 Å². The van der Waals surface area contributed by atoms with E-state index in [1.54, 1.807) is 12.0 Å². The number of likely N-dealkylation sites (tertiary alicyclic amines) is 1. The van der Waals surface area contributed by atoms with Gasteiger partial charge in [-0.1, -0.05) is 0 Å². The molecule has 2 unspecified atom stereocenters. The van der Waals surface area contributed by atoms with Gasteiger partial charge < -0.3 is 24.8 Å². The molecule has 2 rings (SSSR count). The normalized spacial score (nSPS) is 29.6. The van der Waals surface area contributed by atoms with Crippen molar-refractivity contribution in [2.45, 2.75) is 37.3 Å². The summed E-state index contributed by atoms with van der Waals surface area (Å²) in [5.74, 6) is -0.868. The largest absolute Gasteiger partial charge is 0.481 e. The minimum atomic E-state index is -0.868. The number of aliphatic carboxylic acids is 1. The van der Waals surface area contributed by atoms with Gasteiger partial charge >= 0.3 is 12.0 Å². The molecule has 2 saturated heterocycles. The van der Waals surface area contributed by atoms with Crippen LogP contribution in [0.25, 0.3) is 0 Å². The molecule has 0 saturated carbocycles. The van der Waals surface area contributed by atoms with Gasteiger partial charge in [0, 0.05) is 32.7 Å². The molecule has 0 aliphatic carbocycles. The standard InChI is InChI=1S/C13H22N2O5/c1-19-13(4-6-20-9-13)8-14-12(18)15-5-2-3-10(15)7-11(16)17/h10H,2-9H2,1H3,(H,14,18)(H,16,17). The number of carbonyl (C=O) groups is 2. The predicted octanol–water partition coefficient (Wildman–Crippen LogP) is 0.441. The molecule has 2 N–H and O–H groups in total. The number of carbonyl (C=O) groups excluding carboxylic acids is 1. The molecule has 0 spiro atoms. The zero-order chi connectivity index (χ0) is 14.6. The van der Waals surface area contributed by atoms with Gasteiger partial charge in [-0.3, -0.25) is 4.79 Å². The first-order chi connectivity index (χ1) is 9.56. The maximum atomic E-state index is 12.2. The summed E-state index contributed by atoms with van der Waals surface area (Å²) in [5, 5.41) is 11.7. The van der Waals surface area contributed by atoms with E-state index in [-0.39, 0.29) is 18.5 Å². The molecule has 20 heavy (non-hydrogen) atoms. The Balaban J connectivity index is 1.86. The van der Waals surface area contributed by atoms with Gasteiger partial charge in [-0.15, -0.1) is 0 Å². The van der Waals surface area contributed by atoms with Crippen molar-refractivity contribution < 1.29 is 24.2 Å². The number of ether oxygens (including phenoxy) is 2. The number of rotatable bonds is 5. The zero-order valence-electron chi connectivity index (χ0n) is 11.8. The Morgan fingerprint density at radius 3 is 2.95 bits per heavy atom. The molecule has 2 amide bonds. The van der Waals surface area contributed by atoms with E-state index in [4.69, 9.17) is 14.6 Å². The summed E-state index contributed by atoms with van der Waals surface area (Å²) in [5.41, 5.74) is -0.447. The lowest BCUT2D eigenvalue weighted by molar-refractivity contribution is -0.137. The third-order valence-electron chi connectivity index (χ3n) is 4.11. The van der Waals surface area contributed by atoms with Gasteiger partial charge in [0.05, 0.1) is 19.6 Å². The Morgan fingerprint density at radius 2 is 2.35 bits per heavy atom. The van der Waals surface area contributed by atoms with Gasteiger partial charge in [0.1, 0.15) is 5.60 Å². The van der Waals surface area contributed by atoms with Crippen LogP contribution in [-0.4, -0.2) is 67.1 Å². The Kier molecular flexibility index (Phi) is 4.82. The Labute approximate surface area is 118 Å². The van der Waals surface area contributed by atoms with Crippen LogP contribution < -0.4 is 5.32 Å². The summed E-state index contributed by atoms with van der Waals surface area (Å²) >= 11 is 0. The summed E-state index contributed by atoms with van der Waals surface area (Å²) in [6.07, 6.45) is 2.36. The van der Waals surface area contributed by atoms with Crippen LogP contribution in [0.3, 0.4) is 0 Å². The monoisotopic (exact) mass is 286 g/mol. The lowest BCUT2D eigenvalue weighted by Crippen LogP contribution is -2.50. The Morgan fingerprint density at radius 1 is 1.55 bits per heavy atom. The van der Waals surface area contributed by atoms with Crippen LogP contribution in [0.1, 0.15) is 25.7 Å². The van der Waals surface area contributed by atoms with Gasteiger partial charge in [0.25, 0.3) is 0 Å². The zero-order valence-corrected chi connectivity index (χ0v) is 11.8. The average molecular weight is 286 g/mol. The molecule has 0 bridgehead atoms. The van der Waals surface area contributed by atoms with E-state index in [1.807, 2.05) is 0 Å². The number of nitrogens with zero attached hydrogens (tertiary/aromatic N) is 1. The van der Waals surface area contributed by atoms with Crippen molar-refractivity contribution in [2.75, 3.05) is 33.4 Å². The number of nitrogens with one attached hydrogen (secondary N) is 1. The first kappa shape index (κ1) is 15.1. The molecule has 0 aromatic rings. The van der Waals surface area contributed by atoms with E-state index in [1.165, 1.54) is 0 Å². The molecule has 0 aromatic heterocycles. The van der Waals surface area contributed by atoms with Crippen molar-refractivity contribution >= 4 is 12.0 Å². The number of carboxylic acids is 1. The van der Waals surface area contributed by atoms with Crippen LogP contribution in [-0.2, 0) is 14.3 Å². The highest BCUT2D eigenvalue weighted by Crippen LogP contribution is 2.23. The predicted molar refractivity (Wildman–Crippen MR) is 70.6 cm³/mol. The van der Waals surface area contributed by atoms with Crippen LogP contribution in [0.5, 0.6) is 0 Å². The van der Waals surface area contributed by atoms with Crippen molar-refractivity contribution in [1.82, 2.24) is 10.2 Å². The third kappa shape index (κ3) is 3.40. The average Bonchev–Trinajstić information content (AvgIpc) is 3.05. The maximum absolute atomic E-state index is 12.2. The lowest BCUT2D eigenvalue weighted by atomic mass is 10.0. The SMILES string of the molecule is COC1(CNC(=O)N2CCCC2CC(=O)O)CCOC1. The molecule has 2 aliphatic heterocycles. The fraction of sp³-hybridized carbons (Fsp3) is 0.846. The maximum Gasteiger partial charge on any atom is 0.317 e. The van der Waals surface area contributed by atoms with Crippen LogP contribution in [0, 0.1) is 0 Å². The Hall–Kier alpha value is -1.34. The molecule has 0 radical (unpaired) electrons. The third-order valence-corrected chi connectivity index (χ3v) is 4.11. The molecular formula is C13H22N2O5. The first-order valence-corrected chi connectivity index (χ1v) is 6.95. The highest BCUT2D eigenvalue weighted by molar-refractivity contribution is 5.76. The molecule has 2 heterocycles. The number of hydrogen-bond donors (Lipinski definition) is 2. The summed E-state index contributed by atoms with van der Waals surface area (Å²) in [7, 11) is 1.62.